The van der Waals surface area contributed by atoms with Crippen LogP contribution < -0.4 is 10.7 Å². The van der Waals surface area contributed by atoms with Crippen LogP contribution in [0.1, 0.15) is 5.56 Å². The summed E-state index contributed by atoms with van der Waals surface area (Å²) in [5.41, 5.74) is 4.81. The highest BCUT2D eigenvalue weighted by atomic mass is 35.5. The zero-order valence-electron chi connectivity index (χ0n) is 9.01. The number of aromatic nitrogens is 3. The van der Waals surface area contributed by atoms with Crippen molar-refractivity contribution in [1.82, 2.24) is 14.9 Å². The van der Waals surface area contributed by atoms with E-state index >= 15 is 0 Å². The molecule has 0 fully saturated rings. The zero-order valence-corrected chi connectivity index (χ0v) is 10.6. The maximum absolute atomic E-state index is 5.87. The van der Waals surface area contributed by atoms with E-state index in [1.165, 1.54) is 12.7 Å². The van der Waals surface area contributed by atoms with Gasteiger partial charge in [0.1, 0.15) is 12.7 Å². The van der Waals surface area contributed by atoms with Gasteiger partial charge < -0.3 is 5.32 Å². The molecule has 0 aliphatic carbocycles. The van der Waals surface area contributed by atoms with Crippen molar-refractivity contribution < 1.29 is 0 Å². The minimum absolute atomic E-state index is 0.454. The first kappa shape index (κ1) is 11.8. The first-order valence-corrected chi connectivity index (χ1v) is 5.62. The van der Waals surface area contributed by atoms with Gasteiger partial charge in [-0.25, -0.2) is 4.68 Å². The van der Waals surface area contributed by atoms with Crippen molar-refractivity contribution in [1.29, 1.82) is 0 Å². The fraction of sp³-hybridized carbons (Fsp3) is 0.100. The van der Waals surface area contributed by atoms with Crippen molar-refractivity contribution >= 4 is 34.6 Å². The van der Waals surface area contributed by atoms with Crippen LogP contribution in [0.4, 0.5) is 5.69 Å². The zero-order chi connectivity index (χ0) is 12.3. The maximum atomic E-state index is 5.87. The number of benzene rings is 1. The molecule has 2 aromatic rings. The van der Waals surface area contributed by atoms with Crippen molar-refractivity contribution in [2.75, 3.05) is 10.7 Å². The largest absolute Gasteiger partial charge is 0.331 e. The van der Waals surface area contributed by atoms with E-state index in [9.17, 15) is 0 Å². The quantitative estimate of drug-likeness (QED) is 0.817. The van der Waals surface area contributed by atoms with Crippen LogP contribution in [0.25, 0.3) is 0 Å². The van der Waals surface area contributed by atoms with Crippen molar-refractivity contribution in [2.24, 2.45) is 0 Å². The van der Waals surface area contributed by atoms with Gasteiger partial charge in [0.2, 0.25) is 0 Å². The predicted molar refractivity (Wildman–Crippen MR) is 71.8 cm³/mol. The SMILES string of the molecule is Cc1cc(Cl)ccc1NC(=S)Nn1cnnc1. The Morgan fingerprint density at radius 1 is 1.35 bits per heavy atom. The number of aryl methyl sites for hydroxylation is 1. The highest BCUT2D eigenvalue weighted by Crippen LogP contribution is 2.19. The second-order valence-electron chi connectivity index (χ2n) is 3.39. The van der Waals surface area contributed by atoms with Crippen LogP contribution in [0, 0.1) is 6.92 Å². The Morgan fingerprint density at radius 2 is 2.06 bits per heavy atom. The van der Waals surface area contributed by atoms with Gasteiger partial charge in [0, 0.05) is 10.7 Å². The molecule has 0 atom stereocenters. The van der Waals surface area contributed by atoms with Gasteiger partial charge >= 0.3 is 0 Å². The lowest BCUT2D eigenvalue weighted by molar-refractivity contribution is 0.974. The van der Waals surface area contributed by atoms with Crippen LogP contribution in [-0.2, 0) is 0 Å². The first-order chi connectivity index (χ1) is 8.15. The minimum Gasteiger partial charge on any atom is -0.331 e. The Balaban J connectivity index is 2.03. The standard InChI is InChI=1S/C10H10ClN5S/c1-7-4-8(11)2-3-9(7)14-10(17)15-16-5-12-13-6-16/h2-6H,1H3,(H2,14,15,17). The van der Waals surface area contributed by atoms with E-state index in [1.54, 1.807) is 10.7 Å². The lowest BCUT2D eigenvalue weighted by Gasteiger charge is -2.12. The second-order valence-corrected chi connectivity index (χ2v) is 4.24. The third-order valence-corrected chi connectivity index (χ3v) is 2.51. The molecule has 0 saturated heterocycles. The summed E-state index contributed by atoms with van der Waals surface area (Å²) in [6.45, 7) is 1.95. The van der Waals surface area contributed by atoms with Crippen molar-refractivity contribution in [3.05, 3.63) is 41.4 Å². The third-order valence-electron chi connectivity index (χ3n) is 2.09. The summed E-state index contributed by atoms with van der Waals surface area (Å²) >= 11 is 11.0. The van der Waals surface area contributed by atoms with Gasteiger partial charge in [-0.3, -0.25) is 5.43 Å². The molecule has 88 valence electrons. The van der Waals surface area contributed by atoms with Crippen LogP contribution in [0.5, 0.6) is 0 Å². The molecule has 0 amide bonds. The summed E-state index contributed by atoms with van der Waals surface area (Å²) in [6.07, 6.45) is 3.03. The van der Waals surface area contributed by atoms with E-state index in [-0.39, 0.29) is 0 Å². The normalized spacial score (nSPS) is 10.0. The van der Waals surface area contributed by atoms with E-state index in [4.69, 9.17) is 23.8 Å². The van der Waals surface area contributed by atoms with Crippen LogP contribution in [0.15, 0.2) is 30.9 Å². The van der Waals surface area contributed by atoms with E-state index < -0.39 is 0 Å². The number of halogens is 1. The molecule has 0 aliphatic rings. The second kappa shape index (κ2) is 5.11. The fourth-order valence-electron chi connectivity index (χ4n) is 1.29. The van der Waals surface area contributed by atoms with E-state index in [0.717, 1.165) is 11.3 Å². The monoisotopic (exact) mass is 267 g/mol. The van der Waals surface area contributed by atoms with Crippen molar-refractivity contribution in [2.45, 2.75) is 6.92 Å². The van der Waals surface area contributed by atoms with Gasteiger partial charge in [-0.15, -0.1) is 10.2 Å². The molecule has 1 heterocycles. The van der Waals surface area contributed by atoms with E-state index in [0.29, 0.717) is 10.1 Å². The number of nitrogens with one attached hydrogen (secondary N) is 2. The topological polar surface area (TPSA) is 54.8 Å². The summed E-state index contributed by atoms with van der Waals surface area (Å²) < 4.78 is 1.56. The Hall–Kier alpha value is -1.66. The van der Waals surface area contributed by atoms with Gasteiger partial charge in [0.15, 0.2) is 5.11 Å². The molecule has 2 rings (SSSR count). The van der Waals surface area contributed by atoms with Gasteiger partial charge in [-0.05, 0) is 42.9 Å². The molecule has 5 nitrogen and oxygen atoms in total. The highest BCUT2D eigenvalue weighted by molar-refractivity contribution is 7.80. The molecule has 2 N–H and O–H groups in total. The van der Waals surface area contributed by atoms with Gasteiger partial charge in [0.05, 0.1) is 0 Å². The van der Waals surface area contributed by atoms with E-state index in [1.807, 2.05) is 19.1 Å². The molecule has 0 spiro atoms. The highest BCUT2D eigenvalue weighted by Gasteiger charge is 2.02. The van der Waals surface area contributed by atoms with Gasteiger partial charge in [-0.1, -0.05) is 11.6 Å². The lowest BCUT2D eigenvalue weighted by atomic mass is 10.2. The van der Waals surface area contributed by atoms with Gasteiger partial charge in [-0.2, -0.15) is 0 Å². The van der Waals surface area contributed by atoms with Crippen LogP contribution >= 0.6 is 23.8 Å². The van der Waals surface area contributed by atoms with Crippen LogP contribution in [0.2, 0.25) is 5.02 Å². The average Bonchev–Trinajstić information content (AvgIpc) is 2.75. The Kier molecular flexibility index (Phi) is 3.55. The molecule has 0 radical (unpaired) electrons. The predicted octanol–water partition coefficient (Wildman–Crippen LogP) is 2.18. The maximum Gasteiger partial charge on any atom is 0.190 e. The summed E-state index contributed by atoms with van der Waals surface area (Å²) in [7, 11) is 0. The number of hydrogen-bond acceptors (Lipinski definition) is 3. The number of anilines is 1. The number of nitrogens with zero attached hydrogens (tertiary/aromatic N) is 3. The average molecular weight is 268 g/mol. The summed E-state index contributed by atoms with van der Waals surface area (Å²) in [6, 6.07) is 5.54. The molecule has 0 aliphatic heterocycles. The van der Waals surface area contributed by atoms with Gasteiger partial charge in [0.25, 0.3) is 0 Å². The number of rotatable bonds is 2. The fourth-order valence-corrected chi connectivity index (χ4v) is 1.74. The van der Waals surface area contributed by atoms with Crippen LogP contribution in [0.3, 0.4) is 0 Å². The minimum atomic E-state index is 0.454. The summed E-state index contributed by atoms with van der Waals surface area (Å²) in [5, 5.41) is 11.5. The molecule has 0 bridgehead atoms. The summed E-state index contributed by atoms with van der Waals surface area (Å²) in [5.74, 6) is 0. The summed E-state index contributed by atoms with van der Waals surface area (Å²) in [4.78, 5) is 0. The molecular formula is C10H10ClN5S. The molecule has 0 unspecified atom stereocenters. The smallest absolute Gasteiger partial charge is 0.190 e. The lowest BCUT2D eigenvalue weighted by Crippen LogP contribution is -2.26. The number of hydrogen-bond donors (Lipinski definition) is 2. The Labute approximate surface area is 109 Å². The molecule has 1 aromatic carbocycles. The number of thiocarbonyl (C=S) groups is 1. The third kappa shape index (κ3) is 3.15. The molecule has 17 heavy (non-hydrogen) atoms. The molecule has 1 aromatic heterocycles. The molecule has 7 heteroatoms. The first-order valence-electron chi connectivity index (χ1n) is 4.84. The Bertz CT molecular complexity index is 525. The molecule has 0 saturated carbocycles. The van der Waals surface area contributed by atoms with Crippen molar-refractivity contribution in [3.8, 4) is 0 Å². The van der Waals surface area contributed by atoms with E-state index in [2.05, 4.69) is 20.9 Å². The Morgan fingerprint density at radius 3 is 2.71 bits per heavy atom. The molecular weight excluding hydrogens is 258 g/mol. The van der Waals surface area contributed by atoms with Crippen molar-refractivity contribution in [3.63, 3.8) is 0 Å². The van der Waals surface area contributed by atoms with Crippen LogP contribution in [-0.4, -0.2) is 20.0 Å².